The SMILES string of the molecule is COc1cc(-c2ccc(-c3ccccc3)s2)ccc1-c1cc(-c2ccc(-c3ccc(-c4ccccc4)s3)cc2OC)nc(-c2ccc(-c3ccc(-c4ccccc4)s3)cc2OC)n1. The lowest BCUT2D eigenvalue weighted by atomic mass is 10.0. The van der Waals surface area contributed by atoms with Gasteiger partial charge in [-0.2, -0.15) is 0 Å². The number of rotatable bonds is 12. The summed E-state index contributed by atoms with van der Waals surface area (Å²) in [7, 11) is 5.11. The standard InChI is InChI=1S/C55H40N2O3S3/c1-58-46-31-38(52-28-25-49(61-52)35-13-7-4-8-14-35)19-22-41(46)44-34-45(42-23-20-39(32-47(42)59-2)53-29-26-50(62-53)36-15-9-5-10-16-36)57-55(56-44)43-24-21-40(33-48(43)60-3)54-30-27-51(63-54)37-17-11-6-12-18-37/h4-34H,1-3H3. The second-order valence-corrected chi connectivity index (χ2v) is 18.0. The fourth-order valence-corrected chi connectivity index (χ4v) is 10.8. The second kappa shape index (κ2) is 17.7. The van der Waals surface area contributed by atoms with Gasteiger partial charge in [-0.1, -0.05) is 109 Å². The molecule has 0 amide bonds. The van der Waals surface area contributed by atoms with Gasteiger partial charge in [0.15, 0.2) is 5.82 Å². The summed E-state index contributed by atoms with van der Waals surface area (Å²) in [6, 6.07) is 65.4. The molecule has 10 aromatic rings. The van der Waals surface area contributed by atoms with E-state index in [2.05, 4.69) is 164 Å². The van der Waals surface area contributed by atoms with Crippen molar-refractivity contribution in [1.82, 2.24) is 9.97 Å². The Balaban J connectivity index is 1.07. The Morgan fingerprint density at radius 2 is 0.603 bits per heavy atom. The minimum atomic E-state index is 0.524. The fraction of sp³-hybridized carbons (Fsp3) is 0.0545. The van der Waals surface area contributed by atoms with Gasteiger partial charge in [-0.3, -0.25) is 0 Å². The minimum absolute atomic E-state index is 0.524. The molecule has 0 N–H and O–H groups in total. The van der Waals surface area contributed by atoms with Crippen molar-refractivity contribution in [3.05, 3.63) is 188 Å². The van der Waals surface area contributed by atoms with Gasteiger partial charge in [0.05, 0.1) is 38.3 Å². The van der Waals surface area contributed by atoms with E-state index in [1.807, 2.05) is 24.3 Å². The third-order valence-corrected chi connectivity index (χ3v) is 14.5. The number of benzene rings is 6. The first kappa shape index (κ1) is 40.0. The molecular formula is C55H40N2O3S3. The molecule has 0 aliphatic heterocycles. The molecule has 0 aliphatic carbocycles. The van der Waals surface area contributed by atoms with Crippen molar-refractivity contribution in [3.63, 3.8) is 0 Å². The van der Waals surface area contributed by atoms with Crippen LogP contribution >= 0.6 is 34.0 Å². The van der Waals surface area contributed by atoms with E-state index in [0.717, 1.165) is 48.0 Å². The van der Waals surface area contributed by atoms with E-state index in [-0.39, 0.29) is 0 Å². The molecule has 4 aromatic heterocycles. The average Bonchev–Trinajstić information content (AvgIpc) is 4.17. The molecule has 10 rings (SSSR count). The molecule has 0 bridgehead atoms. The lowest BCUT2D eigenvalue weighted by Crippen LogP contribution is -2.00. The molecule has 63 heavy (non-hydrogen) atoms. The molecule has 0 radical (unpaired) electrons. The highest BCUT2D eigenvalue weighted by atomic mass is 32.1. The lowest BCUT2D eigenvalue weighted by molar-refractivity contribution is 0.416. The van der Waals surface area contributed by atoms with Crippen LogP contribution in [0.25, 0.3) is 96.5 Å². The molecule has 0 unspecified atom stereocenters. The van der Waals surface area contributed by atoms with Crippen molar-refractivity contribution in [2.45, 2.75) is 0 Å². The van der Waals surface area contributed by atoms with Crippen molar-refractivity contribution in [3.8, 4) is 114 Å². The molecule has 0 saturated carbocycles. The summed E-state index contributed by atoms with van der Waals surface area (Å²) in [5.41, 5.74) is 10.7. The molecular weight excluding hydrogens is 833 g/mol. The van der Waals surface area contributed by atoms with Gasteiger partial charge in [-0.25, -0.2) is 9.97 Å². The van der Waals surface area contributed by atoms with Crippen LogP contribution in [0.15, 0.2) is 188 Å². The van der Waals surface area contributed by atoms with Gasteiger partial charge in [-0.15, -0.1) is 34.0 Å². The van der Waals surface area contributed by atoms with Crippen LogP contribution in [0.3, 0.4) is 0 Å². The van der Waals surface area contributed by atoms with Crippen LogP contribution in [0, 0.1) is 0 Å². The average molecular weight is 873 g/mol. The van der Waals surface area contributed by atoms with E-state index in [0.29, 0.717) is 34.5 Å². The summed E-state index contributed by atoms with van der Waals surface area (Å²) in [6.45, 7) is 0. The van der Waals surface area contributed by atoms with E-state index in [9.17, 15) is 0 Å². The summed E-state index contributed by atoms with van der Waals surface area (Å²) in [4.78, 5) is 17.6. The fourth-order valence-electron chi connectivity index (χ4n) is 7.74. The maximum absolute atomic E-state index is 6.13. The van der Waals surface area contributed by atoms with Crippen LogP contribution < -0.4 is 14.2 Å². The normalized spacial score (nSPS) is 11.1. The van der Waals surface area contributed by atoms with Crippen molar-refractivity contribution >= 4 is 34.0 Å². The number of nitrogens with zero attached hydrogens (tertiary/aromatic N) is 2. The van der Waals surface area contributed by atoms with E-state index in [1.165, 1.54) is 31.3 Å². The summed E-state index contributed by atoms with van der Waals surface area (Å²) in [5, 5.41) is 0. The monoisotopic (exact) mass is 872 g/mol. The van der Waals surface area contributed by atoms with E-state index >= 15 is 0 Å². The summed E-state index contributed by atoms with van der Waals surface area (Å²) in [6.07, 6.45) is 0. The summed E-state index contributed by atoms with van der Waals surface area (Å²) >= 11 is 5.27. The molecule has 0 fully saturated rings. The maximum atomic E-state index is 6.13. The Hall–Kier alpha value is -7.10. The third-order valence-electron chi connectivity index (χ3n) is 11.0. The first-order valence-corrected chi connectivity index (χ1v) is 22.9. The quantitative estimate of drug-likeness (QED) is 0.122. The number of aromatic nitrogens is 2. The lowest BCUT2D eigenvalue weighted by Gasteiger charge is -2.16. The molecule has 8 heteroatoms. The van der Waals surface area contributed by atoms with E-state index < -0.39 is 0 Å². The highest BCUT2D eigenvalue weighted by Gasteiger charge is 2.21. The van der Waals surface area contributed by atoms with Crippen LogP contribution in [0.1, 0.15) is 0 Å². The Morgan fingerprint density at radius 3 is 0.937 bits per heavy atom. The molecule has 5 nitrogen and oxygen atoms in total. The van der Waals surface area contributed by atoms with Gasteiger partial charge >= 0.3 is 0 Å². The van der Waals surface area contributed by atoms with Crippen molar-refractivity contribution in [2.75, 3.05) is 21.3 Å². The molecule has 4 heterocycles. The predicted octanol–water partition coefficient (Wildman–Crippen LogP) is 15.7. The Morgan fingerprint density at radius 1 is 0.302 bits per heavy atom. The molecule has 0 spiro atoms. The zero-order valence-corrected chi connectivity index (χ0v) is 37.2. The largest absolute Gasteiger partial charge is 0.496 e. The molecule has 306 valence electrons. The molecule has 6 aromatic carbocycles. The number of methoxy groups -OCH3 is 3. The van der Waals surface area contributed by atoms with Crippen LogP contribution in [-0.2, 0) is 0 Å². The van der Waals surface area contributed by atoms with Crippen LogP contribution in [-0.4, -0.2) is 31.3 Å². The van der Waals surface area contributed by atoms with Crippen molar-refractivity contribution in [2.24, 2.45) is 0 Å². The van der Waals surface area contributed by atoms with Crippen molar-refractivity contribution in [1.29, 1.82) is 0 Å². The van der Waals surface area contributed by atoms with Gasteiger partial charge < -0.3 is 14.2 Å². The van der Waals surface area contributed by atoms with Gasteiger partial charge in [0, 0.05) is 40.4 Å². The zero-order valence-electron chi connectivity index (χ0n) is 34.7. The topological polar surface area (TPSA) is 53.5 Å². The second-order valence-electron chi connectivity index (χ2n) is 14.8. The third kappa shape index (κ3) is 8.20. The van der Waals surface area contributed by atoms with Gasteiger partial charge in [0.2, 0.25) is 0 Å². The minimum Gasteiger partial charge on any atom is -0.496 e. The highest BCUT2D eigenvalue weighted by molar-refractivity contribution is 7.19. The zero-order chi connectivity index (χ0) is 42.7. The van der Waals surface area contributed by atoms with Crippen LogP contribution in [0.2, 0.25) is 0 Å². The Labute approximate surface area is 379 Å². The smallest absolute Gasteiger partial charge is 0.164 e. The summed E-state index contributed by atoms with van der Waals surface area (Å²) < 4.78 is 18.4. The van der Waals surface area contributed by atoms with Crippen LogP contribution in [0.4, 0.5) is 0 Å². The van der Waals surface area contributed by atoms with Crippen LogP contribution in [0.5, 0.6) is 17.2 Å². The summed E-state index contributed by atoms with van der Waals surface area (Å²) in [5.74, 6) is 2.62. The number of ether oxygens (including phenoxy) is 3. The molecule has 0 saturated heterocycles. The maximum Gasteiger partial charge on any atom is 0.164 e. The number of hydrogen-bond acceptors (Lipinski definition) is 8. The van der Waals surface area contributed by atoms with Crippen molar-refractivity contribution < 1.29 is 14.2 Å². The van der Waals surface area contributed by atoms with Gasteiger partial charge in [0.1, 0.15) is 17.2 Å². The predicted molar refractivity (Wildman–Crippen MR) is 264 cm³/mol. The first-order chi connectivity index (χ1) is 31.0. The molecule has 0 atom stereocenters. The van der Waals surface area contributed by atoms with E-state index in [4.69, 9.17) is 24.2 Å². The van der Waals surface area contributed by atoms with E-state index in [1.54, 1.807) is 55.3 Å². The number of hydrogen-bond donors (Lipinski definition) is 0. The first-order valence-electron chi connectivity index (χ1n) is 20.5. The highest BCUT2D eigenvalue weighted by Crippen LogP contribution is 2.44. The van der Waals surface area contributed by atoms with Gasteiger partial charge in [0.25, 0.3) is 0 Å². The number of thiophene rings is 3. The Kier molecular flexibility index (Phi) is 11.2. The van der Waals surface area contributed by atoms with Gasteiger partial charge in [-0.05, 0) is 112 Å². The molecule has 0 aliphatic rings. The Bertz CT molecular complexity index is 2840.